The molecule has 0 bridgehead atoms. The number of nitrogens with one attached hydrogen (secondary N) is 1. The van der Waals surface area contributed by atoms with Crippen molar-refractivity contribution in [2.75, 3.05) is 43.5 Å². The van der Waals surface area contributed by atoms with E-state index in [0.717, 1.165) is 30.9 Å². The van der Waals surface area contributed by atoms with E-state index in [1.54, 1.807) is 0 Å². The van der Waals surface area contributed by atoms with Crippen molar-refractivity contribution in [2.24, 2.45) is 5.92 Å². The molecule has 1 saturated heterocycles. The summed E-state index contributed by atoms with van der Waals surface area (Å²) in [7, 11) is 3.83. The van der Waals surface area contributed by atoms with Crippen LogP contribution in [0.1, 0.15) is 19.8 Å². The Kier molecular flexibility index (Phi) is 4.59. The first-order chi connectivity index (χ1) is 11.5. The number of quaternary nitrogens is 1. The molecule has 0 spiro atoms. The summed E-state index contributed by atoms with van der Waals surface area (Å²) < 4.78 is 0. The summed E-state index contributed by atoms with van der Waals surface area (Å²) in [6.45, 7) is 4.69. The Morgan fingerprint density at radius 1 is 1.29 bits per heavy atom. The van der Waals surface area contributed by atoms with Gasteiger partial charge >= 0.3 is 0 Å². The smallest absolute Gasteiger partial charge is 0.231 e. The van der Waals surface area contributed by atoms with E-state index in [9.17, 15) is 10.1 Å². The van der Waals surface area contributed by atoms with Gasteiger partial charge in [-0.2, -0.15) is 5.26 Å². The van der Waals surface area contributed by atoms with Crippen molar-refractivity contribution in [3.63, 3.8) is 0 Å². The van der Waals surface area contributed by atoms with Crippen LogP contribution in [0, 0.1) is 17.2 Å². The molecule has 2 heterocycles. The van der Waals surface area contributed by atoms with Gasteiger partial charge in [-0.25, -0.2) is 0 Å². The molecule has 1 unspecified atom stereocenters. The lowest BCUT2D eigenvalue weighted by Crippen LogP contribution is -3.14. The minimum Gasteiger partial charge on any atom is -0.328 e. The average molecular weight is 325 g/mol. The highest BCUT2D eigenvalue weighted by atomic mass is 16.1. The number of benzene rings is 1. The number of likely N-dealkylation sites (tertiary alicyclic amines) is 1. The largest absolute Gasteiger partial charge is 0.328 e. The van der Waals surface area contributed by atoms with Gasteiger partial charge in [0.15, 0.2) is 0 Å². The molecule has 5 nitrogen and oxygen atoms in total. The van der Waals surface area contributed by atoms with Gasteiger partial charge in [-0.15, -0.1) is 0 Å². The summed E-state index contributed by atoms with van der Waals surface area (Å²) in [5.41, 5.74) is 2.31. The monoisotopic (exact) mass is 325 g/mol. The van der Waals surface area contributed by atoms with Crippen LogP contribution in [0.3, 0.4) is 0 Å². The van der Waals surface area contributed by atoms with Crippen LogP contribution in [0.4, 0.5) is 11.4 Å². The molecule has 1 aromatic rings. The van der Waals surface area contributed by atoms with Gasteiger partial charge in [0, 0.05) is 20.0 Å². The molecule has 2 aliphatic rings. The van der Waals surface area contributed by atoms with Crippen molar-refractivity contribution in [2.45, 2.75) is 19.8 Å². The SMILES string of the molecule is C[C@H]1CCC[NH+](CC(=O)C(C#N)=C2N(C)c3ccccc3N2C)C1. The van der Waals surface area contributed by atoms with E-state index in [-0.39, 0.29) is 11.4 Å². The quantitative estimate of drug-likeness (QED) is 0.670. The number of piperidine rings is 1. The Hall–Kier alpha value is -2.32. The zero-order valence-electron chi connectivity index (χ0n) is 14.7. The fourth-order valence-electron chi connectivity index (χ4n) is 3.93. The van der Waals surface area contributed by atoms with Crippen LogP contribution in [0.2, 0.25) is 0 Å². The topological polar surface area (TPSA) is 51.8 Å². The Balaban J connectivity index is 1.87. The Morgan fingerprint density at radius 2 is 1.92 bits per heavy atom. The summed E-state index contributed by atoms with van der Waals surface area (Å²) in [6.07, 6.45) is 2.40. The predicted molar refractivity (Wildman–Crippen MR) is 94.9 cm³/mol. The van der Waals surface area contributed by atoms with E-state index >= 15 is 0 Å². The Labute approximate surface area is 143 Å². The number of ketones is 1. The number of carbonyl (C=O) groups excluding carboxylic acids is 1. The Morgan fingerprint density at radius 3 is 2.46 bits per heavy atom. The molecular weight excluding hydrogens is 300 g/mol. The van der Waals surface area contributed by atoms with Crippen LogP contribution in [-0.2, 0) is 4.79 Å². The summed E-state index contributed by atoms with van der Waals surface area (Å²) in [5.74, 6) is 1.29. The third-order valence-corrected chi connectivity index (χ3v) is 5.13. The number of anilines is 2. The van der Waals surface area contributed by atoms with Gasteiger partial charge in [-0.1, -0.05) is 19.1 Å². The predicted octanol–water partition coefficient (Wildman–Crippen LogP) is 1.19. The van der Waals surface area contributed by atoms with Crippen molar-refractivity contribution in [1.82, 2.24) is 0 Å². The van der Waals surface area contributed by atoms with Gasteiger partial charge < -0.3 is 14.7 Å². The molecule has 1 fully saturated rings. The first-order valence-corrected chi connectivity index (χ1v) is 8.60. The van der Waals surface area contributed by atoms with Crippen LogP contribution in [0.5, 0.6) is 0 Å². The highest BCUT2D eigenvalue weighted by Crippen LogP contribution is 2.40. The third kappa shape index (κ3) is 2.90. The van der Waals surface area contributed by atoms with Gasteiger partial charge in [0.2, 0.25) is 5.78 Å². The third-order valence-electron chi connectivity index (χ3n) is 5.13. The molecule has 5 heteroatoms. The van der Waals surface area contributed by atoms with Gasteiger partial charge in [0.25, 0.3) is 0 Å². The molecule has 126 valence electrons. The number of rotatable bonds is 3. The van der Waals surface area contributed by atoms with Gasteiger partial charge in [0.1, 0.15) is 24.0 Å². The van der Waals surface area contributed by atoms with E-state index in [0.29, 0.717) is 18.3 Å². The van der Waals surface area contributed by atoms with Crippen LogP contribution >= 0.6 is 0 Å². The lowest BCUT2D eigenvalue weighted by atomic mass is 9.99. The number of nitrogens with zero attached hydrogens (tertiary/aromatic N) is 3. The molecule has 0 amide bonds. The van der Waals surface area contributed by atoms with Crippen molar-refractivity contribution < 1.29 is 9.69 Å². The van der Waals surface area contributed by atoms with Crippen molar-refractivity contribution in [3.8, 4) is 6.07 Å². The van der Waals surface area contributed by atoms with Crippen LogP contribution in [0.15, 0.2) is 35.7 Å². The summed E-state index contributed by atoms with van der Waals surface area (Å²) in [6, 6.07) is 10.1. The lowest BCUT2D eigenvalue weighted by Gasteiger charge is -2.27. The van der Waals surface area contributed by atoms with E-state index in [4.69, 9.17) is 0 Å². The highest BCUT2D eigenvalue weighted by molar-refractivity contribution is 6.03. The molecule has 2 aliphatic heterocycles. The maximum atomic E-state index is 12.8. The zero-order chi connectivity index (χ0) is 17.3. The normalized spacial score (nSPS) is 23.0. The highest BCUT2D eigenvalue weighted by Gasteiger charge is 2.33. The number of fused-ring (bicyclic) bond motifs is 1. The zero-order valence-corrected chi connectivity index (χ0v) is 14.7. The molecular formula is C19H25N4O+. The molecule has 0 radical (unpaired) electrons. The molecule has 1 aromatic carbocycles. The molecule has 0 saturated carbocycles. The van der Waals surface area contributed by atoms with E-state index in [1.165, 1.54) is 11.3 Å². The maximum absolute atomic E-state index is 12.8. The average Bonchev–Trinajstić information content (AvgIpc) is 2.81. The van der Waals surface area contributed by atoms with E-state index < -0.39 is 0 Å². The first-order valence-electron chi connectivity index (χ1n) is 8.60. The van der Waals surface area contributed by atoms with Gasteiger partial charge in [0.05, 0.1) is 24.5 Å². The number of para-hydroxylation sites is 2. The number of carbonyl (C=O) groups is 1. The van der Waals surface area contributed by atoms with Crippen molar-refractivity contribution >= 4 is 17.2 Å². The van der Waals surface area contributed by atoms with Crippen LogP contribution in [-0.4, -0.2) is 39.5 Å². The van der Waals surface area contributed by atoms with E-state index in [2.05, 4.69) is 13.0 Å². The van der Waals surface area contributed by atoms with Gasteiger partial charge in [-0.05, 0) is 25.0 Å². The number of hydrogen-bond donors (Lipinski definition) is 1. The standard InChI is InChI=1S/C19H24N4O/c1-14-7-6-10-23(12-14)13-18(24)15(11-20)19-21(2)16-8-4-5-9-17(16)22(19)3/h4-5,8-9,14H,6-7,10,12-13H2,1-3H3/p+1/t14-/m0/s1. The van der Waals surface area contributed by atoms with Crippen LogP contribution < -0.4 is 14.7 Å². The number of Topliss-reactive ketones (excluding diaryl/α,β-unsaturated/α-hetero) is 1. The molecule has 2 atom stereocenters. The summed E-state index contributed by atoms with van der Waals surface area (Å²) in [5, 5.41) is 9.66. The van der Waals surface area contributed by atoms with Crippen molar-refractivity contribution in [3.05, 3.63) is 35.7 Å². The lowest BCUT2D eigenvalue weighted by molar-refractivity contribution is -0.900. The second kappa shape index (κ2) is 6.66. The summed E-state index contributed by atoms with van der Waals surface area (Å²) >= 11 is 0. The number of hydrogen-bond acceptors (Lipinski definition) is 4. The first kappa shape index (κ1) is 16.5. The van der Waals surface area contributed by atoms with Crippen molar-refractivity contribution in [1.29, 1.82) is 5.26 Å². The molecule has 1 N–H and O–H groups in total. The summed E-state index contributed by atoms with van der Waals surface area (Å²) in [4.78, 5) is 18.0. The molecule has 24 heavy (non-hydrogen) atoms. The molecule has 0 aliphatic carbocycles. The maximum Gasteiger partial charge on any atom is 0.231 e. The van der Waals surface area contributed by atoms with E-state index in [1.807, 2.05) is 48.2 Å². The fourth-order valence-corrected chi connectivity index (χ4v) is 3.93. The second-order valence-corrected chi connectivity index (χ2v) is 6.97. The fraction of sp³-hybridized carbons (Fsp3) is 0.474. The van der Waals surface area contributed by atoms with Crippen LogP contribution in [0.25, 0.3) is 0 Å². The minimum absolute atomic E-state index is 0.0527. The van der Waals surface area contributed by atoms with Gasteiger partial charge in [-0.3, -0.25) is 4.79 Å². The molecule has 0 aromatic heterocycles. The number of nitriles is 1. The second-order valence-electron chi connectivity index (χ2n) is 6.97. The Bertz CT molecular complexity index is 687. The minimum atomic E-state index is -0.0527. The molecule has 3 rings (SSSR count).